The fraction of sp³-hybridized carbons (Fsp3) is 0.176. The van der Waals surface area contributed by atoms with Crippen molar-refractivity contribution in [3.8, 4) is 5.69 Å². The third-order valence-electron chi connectivity index (χ3n) is 3.34. The third-order valence-corrected chi connectivity index (χ3v) is 4.58. The van der Waals surface area contributed by atoms with E-state index in [1.807, 2.05) is 25.1 Å². The molecule has 1 heterocycles. The Kier molecular flexibility index (Phi) is 4.50. The molecule has 5 heteroatoms. The van der Waals surface area contributed by atoms with Gasteiger partial charge in [0.15, 0.2) is 5.16 Å². The number of thioether (sulfide) groups is 1. The Morgan fingerprint density at radius 2 is 1.82 bits per heavy atom. The number of aryl methyl sites for hydroxylation is 2. The smallest absolute Gasteiger partial charge is 0.196 e. The van der Waals surface area contributed by atoms with Gasteiger partial charge in [0.2, 0.25) is 0 Å². The molecule has 112 valence electrons. The van der Waals surface area contributed by atoms with Crippen LogP contribution in [0.3, 0.4) is 0 Å². The molecule has 0 saturated heterocycles. The van der Waals surface area contributed by atoms with Crippen LogP contribution in [0.2, 0.25) is 5.02 Å². The maximum atomic E-state index is 6.03. The molecule has 1 aromatic heterocycles. The lowest BCUT2D eigenvalue weighted by atomic mass is 10.2. The first-order chi connectivity index (χ1) is 10.6. The fourth-order valence-electron chi connectivity index (χ4n) is 2.20. The van der Waals surface area contributed by atoms with Crippen LogP contribution in [-0.4, -0.2) is 14.8 Å². The van der Waals surface area contributed by atoms with Gasteiger partial charge in [-0.3, -0.25) is 4.57 Å². The first-order valence-electron chi connectivity index (χ1n) is 7.00. The predicted molar refractivity (Wildman–Crippen MR) is 91.8 cm³/mol. The molecule has 0 bridgehead atoms. The molecule has 0 N–H and O–H groups in total. The van der Waals surface area contributed by atoms with Crippen molar-refractivity contribution in [3.05, 3.63) is 70.5 Å². The van der Waals surface area contributed by atoms with E-state index in [-0.39, 0.29) is 0 Å². The Labute approximate surface area is 139 Å². The van der Waals surface area contributed by atoms with E-state index in [4.69, 9.17) is 11.6 Å². The molecule has 0 aliphatic carbocycles. The highest BCUT2D eigenvalue weighted by Gasteiger charge is 2.11. The molecule has 0 atom stereocenters. The second-order valence-electron chi connectivity index (χ2n) is 5.12. The van der Waals surface area contributed by atoms with Crippen molar-refractivity contribution >= 4 is 23.4 Å². The molecule has 0 fully saturated rings. The van der Waals surface area contributed by atoms with Crippen molar-refractivity contribution in [1.82, 2.24) is 14.8 Å². The van der Waals surface area contributed by atoms with Gasteiger partial charge >= 0.3 is 0 Å². The van der Waals surface area contributed by atoms with Crippen LogP contribution in [0.25, 0.3) is 5.69 Å². The van der Waals surface area contributed by atoms with Gasteiger partial charge in [-0.25, -0.2) is 0 Å². The van der Waals surface area contributed by atoms with Gasteiger partial charge in [-0.15, -0.1) is 10.2 Å². The molecule has 3 aromatic rings. The Hall–Kier alpha value is -1.78. The average molecular weight is 330 g/mol. The zero-order valence-electron chi connectivity index (χ0n) is 12.5. The molecule has 0 aliphatic rings. The first-order valence-corrected chi connectivity index (χ1v) is 8.36. The summed E-state index contributed by atoms with van der Waals surface area (Å²) in [5.74, 6) is 1.70. The lowest BCUT2D eigenvalue weighted by Crippen LogP contribution is -1.99. The van der Waals surface area contributed by atoms with Crippen LogP contribution >= 0.6 is 23.4 Å². The molecule has 3 rings (SSSR count). The van der Waals surface area contributed by atoms with Gasteiger partial charge in [0.05, 0.1) is 0 Å². The average Bonchev–Trinajstić information content (AvgIpc) is 2.87. The van der Waals surface area contributed by atoms with Gasteiger partial charge in [-0.1, -0.05) is 53.2 Å². The summed E-state index contributed by atoms with van der Waals surface area (Å²) in [7, 11) is 0. The molecular formula is C17H16ClN3S. The van der Waals surface area contributed by atoms with Crippen molar-refractivity contribution in [2.45, 2.75) is 24.8 Å². The lowest BCUT2D eigenvalue weighted by Gasteiger charge is -2.09. The van der Waals surface area contributed by atoms with Crippen molar-refractivity contribution in [2.75, 3.05) is 0 Å². The van der Waals surface area contributed by atoms with Crippen LogP contribution in [0.5, 0.6) is 0 Å². The minimum atomic E-state index is 0.759. The van der Waals surface area contributed by atoms with Gasteiger partial charge in [-0.05, 0) is 43.7 Å². The molecule has 0 unspecified atom stereocenters. The van der Waals surface area contributed by atoms with Crippen LogP contribution in [0, 0.1) is 13.8 Å². The van der Waals surface area contributed by atoms with Gasteiger partial charge in [0.25, 0.3) is 0 Å². The predicted octanol–water partition coefficient (Wildman–Crippen LogP) is 4.83. The summed E-state index contributed by atoms with van der Waals surface area (Å²) in [5.41, 5.74) is 3.50. The third kappa shape index (κ3) is 3.34. The molecule has 0 aliphatic heterocycles. The second kappa shape index (κ2) is 6.55. The van der Waals surface area contributed by atoms with Gasteiger partial charge < -0.3 is 0 Å². The highest BCUT2D eigenvalue weighted by Crippen LogP contribution is 2.26. The van der Waals surface area contributed by atoms with Gasteiger partial charge in [0.1, 0.15) is 5.82 Å². The Morgan fingerprint density at radius 1 is 1.05 bits per heavy atom. The van der Waals surface area contributed by atoms with E-state index in [0.29, 0.717) is 0 Å². The summed E-state index contributed by atoms with van der Waals surface area (Å²) < 4.78 is 2.08. The maximum absolute atomic E-state index is 6.03. The Balaban J connectivity index is 1.84. The summed E-state index contributed by atoms with van der Waals surface area (Å²) in [4.78, 5) is 0. The molecule has 0 saturated carbocycles. The van der Waals surface area contributed by atoms with E-state index in [9.17, 15) is 0 Å². The summed E-state index contributed by atoms with van der Waals surface area (Å²) in [6.45, 7) is 4.05. The highest BCUT2D eigenvalue weighted by atomic mass is 35.5. The summed E-state index contributed by atoms with van der Waals surface area (Å²) in [6.07, 6.45) is 0. The normalized spacial score (nSPS) is 10.9. The fourth-order valence-corrected chi connectivity index (χ4v) is 3.36. The van der Waals surface area contributed by atoms with E-state index >= 15 is 0 Å². The topological polar surface area (TPSA) is 30.7 Å². The zero-order valence-corrected chi connectivity index (χ0v) is 14.0. The zero-order chi connectivity index (χ0) is 15.5. The highest BCUT2D eigenvalue weighted by molar-refractivity contribution is 7.98. The van der Waals surface area contributed by atoms with E-state index in [0.717, 1.165) is 27.4 Å². The number of nitrogens with zero attached hydrogens (tertiary/aromatic N) is 3. The Morgan fingerprint density at radius 3 is 2.55 bits per heavy atom. The van der Waals surface area contributed by atoms with Crippen molar-refractivity contribution < 1.29 is 0 Å². The first kappa shape index (κ1) is 15.1. The largest absolute Gasteiger partial charge is 0.274 e. The molecule has 0 spiro atoms. The van der Waals surface area contributed by atoms with Crippen LogP contribution in [0.1, 0.15) is 17.0 Å². The molecule has 0 amide bonds. The summed E-state index contributed by atoms with van der Waals surface area (Å²) >= 11 is 7.69. The number of rotatable bonds is 4. The Bertz CT molecular complexity index is 781. The second-order valence-corrected chi connectivity index (χ2v) is 6.50. The minimum absolute atomic E-state index is 0.759. The molecular weight excluding hydrogens is 314 g/mol. The number of hydrogen-bond acceptors (Lipinski definition) is 3. The SMILES string of the molecule is Cc1ccc(-n2c(C)nnc2SCc2cccc(Cl)c2)cc1. The van der Waals surface area contributed by atoms with Crippen molar-refractivity contribution in [1.29, 1.82) is 0 Å². The molecule has 0 radical (unpaired) electrons. The molecule has 2 aromatic carbocycles. The van der Waals surface area contributed by atoms with Crippen molar-refractivity contribution in [3.63, 3.8) is 0 Å². The number of aromatic nitrogens is 3. The quantitative estimate of drug-likeness (QED) is 0.642. The summed E-state index contributed by atoms with van der Waals surface area (Å²) in [5, 5.41) is 10.2. The van der Waals surface area contributed by atoms with Crippen LogP contribution in [0.4, 0.5) is 0 Å². The van der Waals surface area contributed by atoms with E-state index < -0.39 is 0 Å². The minimum Gasteiger partial charge on any atom is -0.274 e. The van der Waals surface area contributed by atoms with Crippen LogP contribution in [-0.2, 0) is 5.75 Å². The van der Waals surface area contributed by atoms with Crippen LogP contribution in [0.15, 0.2) is 53.7 Å². The number of halogens is 1. The number of hydrogen-bond donors (Lipinski definition) is 0. The van der Waals surface area contributed by atoms with Crippen LogP contribution < -0.4 is 0 Å². The standard InChI is InChI=1S/C17H16ClN3S/c1-12-6-8-16(9-7-12)21-13(2)19-20-17(21)22-11-14-4-3-5-15(18)10-14/h3-10H,11H2,1-2H3. The van der Waals surface area contributed by atoms with E-state index in [1.54, 1.807) is 11.8 Å². The lowest BCUT2D eigenvalue weighted by molar-refractivity contribution is 0.868. The number of benzene rings is 2. The summed E-state index contributed by atoms with van der Waals surface area (Å²) in [6, 6.07) is 16.3. The van der Waals surface area contributed by atoms with E-state index in [2.05, 4.69) is 52.0 Å². The molecule has 22 heavy (non-hydrogen) atoms. The monoisotopic (exact) mass is 329 g/mol. The molecule has 3 nitrogen and oxygen atoms in total. The van der Waals surface area contributed by atoms with Gasteiger partial charge in [0, 0.05) is 16.5 Å². The van der Waals surface area contributed by atoms with Gasteiger partial charge in [-0.2, -0.15) is 0 Å². The van der Waals surface area contributed by atoms with E-state index in [1.165, 1.54) is 11.1 Å². The van der Waals surface area contributed by atoms with Crippen molar-refractivity contribution in [2.24, 2.45) is 0 Å². The maximum Gasteiger partial charge on any atom is 0.196 e.